The van der Waals surface area contributed by atoms with E-state index in [1.165, 1.54) is 0 Å². The molecule has 1 aliphatic heterocycles. The Hall–Kier alpha value is -0.810. The molecule has 1 heterocycles. The Balaban J connectivity index is 2.25. The van der Waals surface area contributed by atoms with Gasteiger partial charge in [-0.2, -0.15) is 0 Å². The van der Waals surface area contributed by atoms with Crippen molar-refractivity contribution in [3.63, 3.8) is 0 Å². The predicted molar refractivity (Wildman–Crippen MR) is 76.9 cm³/mol. The van der Waals surface area contributed by atoms with Gasteiger partial charge in [0.15, 0.2) is 0 Å². The number of nitrogens with one attached hydrogen (secondary N) is 2. The maximum absolute atomic E-state index is 11.5. The summed E-state index contributed by atoms with van der Waals surface area (Å²) in [7, 11) is 0. The zero-order valence-corrected chi connectivity index (χ0v) is 13.2. The van der Waals surface area contributed by atoms with Crippen molar-refractivity contribution in [1.82, 2.24) is 15.8 Å². The topological polar surface area (TPSA) is 53.6 Å². The normalized spacial score (nSPS) is 19.3. The summed E-state index contributed by atoms with van der Waals surface area (Å²) in [6.07, 6.45) is 1.66. The summed E-state index contributed by atoms with van der Waals surface area (Å²) in [6.45, 7) is 14.4. The van der Waals surface area contributed by atoms with E-state index in [2.05, 4.69) is 36.5 Å². The zero-order valence-electron chi connectivity index (χ0n) is 13.2. The Morgan fingerprint density at radius 3 is 2.05 bits per heavy atom. The number of carbonyl (C=O) groups is 1. The molecule has 5 heteroatoms. The second kappa shape index (κ2) is 6.09. The molecule has 112 valence electrons. The first-order valence-corrected chi connectivity index (χ1v) is 7.07. The molecule has 0 bridgehead atoms. The molecule has 0 spiro atoms. The van der Waals surface area contributed by atoms with Crippen LogP contribution in [0.5, 0.6) is 0 Å². The molecular weight excluding hydrogens is 242 g/mol. The van der Waals surface area contributed by atoms with Crippen LogP contribution in [0.4, 0.5) is 4.79 Å². The fourth-order valence-electron chi connectivity index (χ4n) is 2.16. The van der Waals surface area contributed by atoms with E-state index in [1.54, 1.807) is 0 Å². The van der Waals surface area contributed by atoms with Crippen molar-refractivity contribution < 1.29 is 9.53 Å². The molecule has 0 aromatic heterocycles. The van der Waals surface area contributed by atoms with Gasteiger partial charge in [0.1, 0.15) is 5.60 Å². The average Bonchev–Trinajstić information content (AvgIpc) is 2.23. The highest BCUT2D eigenvalue weighted by Gasteiger charge is 2.27. The highest BCUT2D eigenvalue weighted by atomic mass is 16.6. The van der Waals surface area contributed by atoms with Crippen molar-refractivity contribution in [2.75, 3.05) is 13.1 Å². The SMILES string of the molecule is CC(C)(C)OC(=O)NNC1CCN(C(C)(C)C)CC1. The van der Waals surface area contributed by atoms with Gasteiger partial charge >= 0.3 is 6.09 Å². The largest absolute Gasteiger partial charge is 0.443 e. The third kappa shape index (κ3) is 6.25. The van der Waals surface area contributed by atoms with E-state index in [4.69, 9.17) is 4.74 Å². The maximum Gasteiger partial charge on any atom is 0.422 e. The Bertz CT molecular complexity index is 297. The van der Waals surface area contributed by atoms with Crippen LogP contribution in [0.15, 0.2) is 0 Å². The first kappa shape index (κ1) is 16.2. The van der Waals surface area contributed by atoms with Gasteiger partial charge in [-0.3, -0.25) is 10.3 Å². The number of hydrogen-bond acceptors (Lipinski definition) is 4. The summed E-state index contributed by atoms with van der Waals surface area (Å²) >= 11 is 0. The number of amides is 1. The minimum absolute atomic E-state index is 0.226. The summed E-state index contributed by atoms with van der Waals surface area (Å²) in [4.78, 5) is 14.0. The van der Waals surface area contributed by atoms with E-state index in [-0.39, 0.29) is 5.54 Å². The molecule has 2 N–H and O–H groups in total. The van der Waals surface area contributed by atoms with Crippen molar-refractivity contribution in [3.05, 3.63) is 0 Å². The Labute approximate surface area is 117 Å². The van der Waals surface area contributed by atoms with E-state index in [9.17, 15) is 4.79 Å². The Morgan fingerprint density at radius 1 is 1.11 bits per heavy atom. The first-order chi connectivity index (χ1) is 8.58. The molecule has 1 rings (SSSR count). The van der Waals surface area contributed by atoms with E-state index in [0.29, 0.717) is 6.04 Å². The van der Waals surface area contributed by atoms with Gasteiger partial charge in [0.05, 0.1) is 0 Å². The standard InChI is InChI=1S/C14H29N3O2/c1-13(2,3)17-9-7-11(8-10-17)15-16-12(18)19-14(4,5)6/h11,15H,7-10H2,1-6H3,(H,16,18). The van der Waals surface area contributed by atoms with E-state index < -0.39 is 11.7 Å². The van der Waals surface area contributed by atoms with Crippen LogP contribution in [0.2, 0.25) is 0 Å². The first-order valence-electron chi connectivity index (χ1n) is 7.07. The smallest absolute Gasteiger partial charge is 0.422 e. The molecule has 1 fully saturated rings. The van der Waals surface area contributed by atoms with E-state index >= 15 is 0 Å². The molecule has 1 aliphatic rings. The quantitative estimate of drug-likeness (QED) is 0.757. The van der Waals surface area contributed by atoms with E-state index in [0.717, 1.165) is 25.9 Å². The van der Waals surface area contributed by atoms with Crippen molar-refractivity contribution in [3.8, 4) is 0 Å². The minimum atomic E-state index is -0.457. The van der Waals surface area contributed by atoms with Crippen molar-refractivity contribution >= 4 is 6.09 Å². The zero-order chi connectivity index (χ0) is 14.7. The lowest BCUT2D eigenvalue weighted by atomic mass is 9.98. The third-order valence-corrected chi connectivity index (χ3v) is 3.22. The number of likely N-dealkylation sites (tertiary alicyclic amines) is 1. The number of carbonyl (C=O) groups excluding carboxylic acids is 1. The van der Waals surface area contributed by atoms with Crippen LogP contribution in [0, 0.1) is 0 Å². The summed E-state index contributed by atoms with van der Waals surface area (Å²) in [5.41, 5.74) is 5.47. The van der Waals surface area contributed by atoms with Gasteiger partial charge < -0.3 is 4.74 Å². The van der Waals surface area contributed by atoms with Gasteiger partial charge in [0.25, 0.3) is 0 Å². The van der Waals surface area contributed by atoms with Crippen molar-refractivity contribution in [2.24, 2.45) is 0 Å². The number of rotatable bonds is 2. The van der Waals surface area contributed by atoms with Gasteiger partial charge in [0, 0.05) is 24.7 Å². The molecule has 1 amide bonds. The third-order valence-electron chi connectivity index (χ3n) is 3.22. The Morgan fingerprint density at radius 2 is 1.63 bits per heavy atom. The molecule has 19 heavy (non-hydrogen) atoms. The summed E-state index contributed by atoms with van der Waals surface area (Å²) < 4.78 is 5.18. The van der Waals surface area contributed by atoms with Crippen molar-refractivity contribution in [2.45, 2.75) is 71.6 Å². The van der Waals surface area contributed by atoms with E-state index in [1.807, 2.05) is 20.8 Å². The summed E-state index contributed by atoms with van der Waals surface area (Å²) in [5, 5.41) is 0. The summed E-state index contributed by atoms with van der Waals surface area (Å²) in [6, 6.07) is 0.325. The molecular formula is C14H29N3O2. The minimum Gasteiger partial charge on any atom is -0.443 e. The molecule has 0 saturated carbocycles. The monoisotopic (exact) mass is 271 g/mol. The molecule has 0 aromatic rings. The highest BCUT2D eigenvalue weighted by Crippen LogP contribution is 2.19. The van der Waals surface area contributed by atoms with Crippen LogP contribution in [0.3, 0.4) is 0 Å². The number of hydrazine groups is 1. The molecule has 0 unspecified atom stereocenters. The molecule has 0 aromatic carbocycles. The molecule has 0 aliphatic carbocycles. The molecule has 0 atom stereocenters. The molecule has 5 nitrogen and oxygen atoms in total. The summed E-state index contributed by atoms with van der Waals surface area (Å²) in [5.74, 6) is 0. The van der Waals surface area contributed by atoms with Crippen LogP contribution < -0.4 is 10.9 Å². The number of piperidine rings is 1. The van der Waals surface area contributed by atoms with Gasteiger partial charge in [-0.1, -0.05) is 0 Å². The predicted octanol–water partition coefficient (Wildman–Crippen LogP) is 2.28. The van der Waals surface area contributed by atoms with Gasteiger partial charge in [-0.05, 0) is 54.4 Å². The fourth-order valence-corrected chi connectivity index (χ4v) is 2.16. The van der Waals surface area contributed by atoms with Gasteiger partial charge in [-0.25, -0.2) is 10.2 Å². The molecule has 1 saturated heterocycles. The van der Waals surface area contributed by atoms with Gasteiger partial charge in [0.2, 0.25) is 0 Å². The molecule has 0 radical (unpaired) electrons. The van der Waals surface area contributed by atoms with Crippen LogP contribution in [-0.2, 0) is 4.74 Å². The highest BCUT2D eigenvalue weighted by molar-refractivity contribution is 5.67. The second-order valence-corrected chi connectivity index (χ2v) is 7.20. The second-order valence-electron chi connectivity index (χ2n) is 7.20. The van der Waals surface area contributed by atoms with Crippen LogP contribution >= 0.6 is 0 Å². The fraction of sp³-hybridized carbons (Fsp3) is 0.929. The van der Waals surface area contributed by atoms with Crippen LogP contribution in [-0.4, -0.2) is 41.3 Å². The van der Waals surface area contributed by atoms with Crippen LogP contribution in [0.1, 0.15) is 54.4 Å². The number of nitrogens with zero attached hydrogens (tertiary/aromatic N) is 1. The lowest BCUT2D eigenvalue weighted by Gasteiger charge is -2.41. The van der Waals surface area contributed by atoms with Gasteiger partial charge in [-0.15, -0.1) is 0 Å². The lowest BCUT2D eigenvalue weighted by Crippen LogP contribution is -2.53. The Kier molecular flexibility index (Phi) is 5.21. The maximum atomic E-state index is 11.5. The van der Waals surface area contributed by atoms with Crippen molar-refractivity contribution in [1.29, 1.82) is 0 Å². The lowest BCUT2D eigenvalue weighted by molar-refractivity contribution is 0.0455. The average molecular weight is 271 g/mol. The van der Waals surface area contributed by atoms with Crippen LogP contribution in [0.25, 0.3) is 0 Å². The number of hydrogen-bond donors (Lipinski definition) is 2. The number of ether oxygens (including phenoxy) is 1.